The Morgan fingerprint density at radius 1 is 0.893 bits per heavy atom. The van der Waals surface area contributed by atoms with Crippen LogP contribution in [0.25, 0.3) is 0 Å². The molecule has 1 aromatic heterocycles. The molecule has 3 rings (SSSR count). The number of hydrogen-bond donors (Lipinski definition) is 3. The Morgan fingerprint density at radius 3 is 2.25 bits per heavy atom. The average Bonchev–Trinajstić information content (AvgIpc) is 2.70. The number of hydrogen-bond acceptors (Lipinski definition) is 5. The van der Waals surface area contributed by atoms with Crippen molar-refractivity contribution < 1.29 is 14.3 Å². The number of pyridine rings is 1. The van der Waals surface area contributed by atoms with Crippen molar-refractivity contribution in [1.29, 1.82) is 0 Å². The highest BCUT2D eigenvalue weighted by Crippen LogP contribution is 2.27. The van der Waals surface area contributed by atoms with Crippen LogP contribution in [0.5, 0.6) is 5.75 Å². The van der Waals surface area contributed by atoms with Gasteiger partial charge in [0.2, 0.25) is 5.91 Å². The predicted octanol–water partition coefficient (Wildman–Crippen LogP) is 4.04. The summed E-state index contributed by atoms with van der Waals surface area (Å²) in [6, 6.07) is 17.8. The summed E-state index contributed by atoms with van der Waals surface area (Å²) >= 11 is 0. The van der Waals surface area contributed by atoms with Crippen LogP contribution in [-0.2, 0) is 4.79 Å². The molecule has 0 bridgehead atoms. The molecule has 0 saturated carbocycles. The van der Waals surface area contributed by atoms with Crippen molar-refractivity contribution in [3.05, 3.63) is 72.6 Å². The average molecular weight is 376 g/mol. The molecular formula is C21H20N4O3. The van der Waals surface area contributed by atoms with Gasteiger partial charge >= 0.3 is 0 Å². The molecule has 0 aliphatic carbocycles. The molecule has 0 unspecified atom stereocenters. The van der Waals surface area contributed by atoms with E-state index in [4.69, 9.17) is 4.74 Å². The van der Waals surface area contributed by atoms with E-state index in [0.717, 1.165) is 5.69 Å². The fourth-order valence-electron chi connectivity index (χ4n) is 2.57. The van der Waals surface area contributed by atoms with Crippen LogP contribution in [0.1, 0.15) is 17.4 Å². The first kappa shape index (κ1) is 18.9. The van der Waals surface area contributed by atoms with Crippen LogP contribution >= 0.6 is 0 Å². The first-order chi connectivity index (χ1) is 13.5. The predicted molar refractivity (Wildman–Crippen MR) is 109 cm³/mol. The maximum Gasteiger partial charge on any atom is 0.274 e. The third-order valence-electron chi connectivity index (χ3n) is 3.84. The van der Waals surface area contributed by atoms with Crippen molar-refractivity contribution >= 4 is 34.6 Å². The van der Waals surface area contributed by atoms with Crippen LogP contribution in [-0.4, -0.2) is 23.9 Å². The Kier molecular flexibility index (Phi) is 5.86. The molecule has 2 aromatic carbocycles. The molecule has 0 saturated heterocycles. The zero-order valence-corrected chi connectivity index (χ0v) is 15.5. The Morgan fingerprint density at radius 2 is 1.57 bits per heavy atom. The molecule has 0 spiro atoms. The minimum Gasteiger partial charge on any atom is -0.495 e. The highest BCUT2D eigenvalue weighted by molar-refractivity contribution is 6.03. The summed E-state index contributed by atoms with van der Waals surface area (Å²) in [6.45, 7) is 1.44. The number of carbonyl (C=O) groups is 2. The highest BCUT2D eigenvalue weighted by Gasteiger charge is 2.10. The minimum atomic E-state index is -0.337. The number of carbonyl (C=O) groups excluding carboxylic acids is 2. The van der Waals surface area contributed by atoms with Crippen molar-refractivity contribution in [2.75, 3.05) is 23.1 Å². The van der Waals surface area contributed by atoms with E-state index in [1.807, 2.05) is 24.3 Å². The lowest BCUT2D eigenvalue weighted by Gasteiger charge is -2.12. The van der Waals surface area contributed by atoms with Crippen molar-refractivity contribution in [3.8, 4) is 5.75 Å². The Bertz CT molecular complexity index is 987. The van der Waals surface area contributed by atoms with Gasteiger partial charge in [-0.1, -0.05) is 12.1 Å². The number of aromatic nitrogens is 1. The van der Waals surface area contributed by atoms with E-state index in [1.165, 1.54) is 6.92 Å². The summed E-state index contributed by atoms with van der Waals surface area (Å²) in [7, 11) is 1.60. The van der Waals surface area contributed by atoms with Gasteiger partial charge in [0, 0.05) is 30.2 Å². The first-order valence-electron chi connectivity index (χ1n) is 8.60. The topological polar surface area (TPSA) is 92.3 Å². The van der Waals surface area contributed by atoms with E-state index < -0.39 is 0 Å². The highest BCUT2D eigenvalue weighted by atomic mass is 16.5. The molecule has 2 amide bonds. The second-order valence-electron chi connectivity index (χ2n) is 5.97. The lowest BCUT2D eigenvalue weighted by Crippen LogP contribution is -2.14. The Balaban J connectivity index is 1.71. The van der Waals surface area contributed by atoms with Crippen LogP contribution in [0.2, 0.25) is 0 Å². The molecule has 7 nitrogen and oxygen atoms in total. The Labute approximate surface area is 162 Å². The molecule has 0 aliphatic heterocycles. The normalized spacial score (nSPS) is 10.1. The van der Waals surface area contributed by atoms with Crippen molar-refractivity contribution in [2.24, 2.45) is 0 Å². The molecule has 1 heterocycles. The number of para-hydroxylation sites is 2. The summed E-state index contributed by atoms with van der Waals surface area (Å²) in [4.78, 5) is 27.7. The van der Waals surface area contributed by atoms with Gasteiger partial charge in [-0.2, -0.15) is 0 Å². The summed E-state index contributed by atoms with van der Waals surface area (Å²) < 4.78 is 5.32. The second kappa shape index (κ2) is 8.68. The quantitative estimate of drug-likeness (QED) is 0.604. The molecule has 3 N–H and O–H groups in total. The lowest BCUT2D eigenvalue weighted by atomic mass is 10.2. The number of benzene rings is 2. The molecule has 3 aromatic rings. The fraction of sp³-hybridized carbons (Fsp3) is 0.0952. The molecule has 0 atom stereocenters. The largest absolute Gasteiger partial charge is 0.495 e. The SMILES string of the molecule is COc1ccccc1Nc1ccnc(C(=O)Nc2ccc(NC(C)=O)cc2)c1. The molecule has 7 heteroatoms. The number of amides is 2. The third-order valence-corrected chi connectivity index (χ3v) is 3.84. The lowest BCUT2D eigenvalue weighted by molar-refractivity contribution is -0.114. The number of ether oxygens (including phenoxy) is 1. The van der Waals surface area contributed by atoms with Gasteiger partial charge in [0.1, 0.15) is 11.4 Å². The van der Waals surface area contributed by atoms with Crippen LogP contribution in [0.4, 0.5) is 22.7 Å². The maximum atomic E-state index is 12.5. The summed E-state index contributed by atoms with van der Waals surface area (Å²) in [6.07, 6.45) is 1.56. The number of rotatable bonds is 6. The van der Waals surface area contributed by atoms with Gasteiger partial charge in [-0.25, -0.2) is 0 Å². The van der Waals surface area contributed by atoms with Crippen LogP contribution in [0.15, 0.2) is 66.9 Å². The number of nitrogens with one attached hydrogen (secondary N) is 3. The van der Waals surface area contributed by atoms with Crippen molar-refractivity contribution in [1.82, 2.24) is 4.98 Å². The molecular weight excluding hydrogens is 356 g/mol. The van der Waals surface area contributed by atoms with Crippen LogP contribution < -0.4 is 20.7 Å². The summed E-state index contributed by atoms with van der Waals surface area (Å²) in [5, 5.41) is 8.68. The molecule has 0 radical (unpaired) electrons. The van der Waals surface area contributed by atoms with Crippen molar-refractivity contribution in [2.45, 2.75) is 6.92 Å². The smallest absolute Gasteiger partial charge is 0.274 e. The fourth-order valence-corrected chi connectivity index (χ4v) is 2.57. The summed E-state index contributed by atoms with van der Waals surface area (Å²) in [5.41, 5.74) is 3.03. The van der Waals surface area contributed by atoms with Gasteiger partial charge in [0.05, 0.1) is 12.8 Å². The zero-order valence-electron chi connectivity index (χ0n) is 15.5. The third kappa shape index (κ3) is 4.85. The van der Waals surface area contributed by atoms with Crippen LogP contribution in [0, 0.1) is 0 Å². The molecule has 142 valence electrons. The first-order valence-corrected chi connectivity index (χ1v) is 8.60. The maximum absolute atomic E-state index is 12.5. The van der Waals surface area contributed by atoms with E-state index in [9.17, 15) is 9.59 Å². The van der Waals surface area contributed by atoms with E-state index in [2.05, 4.69) is 20.9 Å². The molecule has 28 heavy (non-hydrogen) atoms. The van der Waals surface area contributed by atoms with E-state index >= 15 is 0 Å². The monoisotopic (exact) mass is 376 g/mol. The van der Waals surface area contributed by atoms with Gasteiger partial charge in [0.25, 0.3) is 5.91 Å². The van der Waals surface area contributed by atoms with Gasteiger partial charge in [0.15, 0.2) is 0 Å². The Hall–Kier alpha value is -3.87. The van der Waals surface area contributed by atoms with Gasteiger partial charge in [-0.15, -0.1) is 0 Å². The molecule has 0 aliphatic rings. The zero-order chi connectivity index (χ0) is 19.9. The minimum absolute atomic E-state index is 0.152. The number of anilines is 4. The second-order valence-corrected chi connectivity index (χ2v) is 5.97. The van der Waals surface area contributed by atoms with E-state index in [1.54, 1.807) is 49.7 Å². The number of methoxy groups -OCH3 is 1. The van der Waals surface area contributed by atoms with Gasteiger partial charge < -0.3 is 20.7 Å². The van der Waals surface area contributed by atoms with Gasteiger partial charge in [-0.05, 0) is 48.5 Å². The molecule has 0 fully saturated rings. The summed E-state index contributed by atoms with van der Waals surface area (Å²) in [5.74, 6) is 0.209. The number of nitrogens with zero attached hydrogens (tertiary/aromatic N) is 1. The standard InChI is InChI=1S/C21H20N4O3/c1-14(26)23-15-7-9-16(10-8-15)25-21(27)19-13-17(11-12-22-19)24-18-5-3-4-6-20(18)28-2/h3-13H,1-2H3,(H,22,24)(H,23,26)(H,25,27). The van der Waals surface area contributed by atoms with E-state index in [-0.39, 0.29) is 17.5 Å². The van der Waals surface area contributed by atoms with Gasteiger partial charge in [-0.3, -0.25) is 14.6 Å². The van der Waals surface area contributed by atoms with Crippen molar-refractivity contribution in [3.63, 3.8) is 0 Å². The van der Waals surface area contributed by atoms with Crippen LogP contribution in [0.3, 0.4) is 0 Å². The van der Waals surface area contributed by atoms with E-state index in [0.29, 0.717) is 22.8 Å².